The first-order valence-electron chi connectivity index (χ1n) is 8.74. The first-order chi connectivity index (χ1) is 12.7. The van der Waals surface area contributed by atoms with Gasteiger partial charge in [0.05, 0.1) is 11.2 Å². The molecule has 1 unspecified atom stereocenters. The lowest BCUT2D eigenvalue weighted by Crippen LogP contribution is -2.41. The van der Waals surface area contributed by atoms with Gasteiger partial charge in [0.15, 0.2) is 0 Å². The molecule has 144 valence electrons. The van der Waals surface area contributed by atoms with Gasteiger partial charge in [-0.15, -0.1) is 0 Å². The van der Waals surface area contributed by atoms with E-state index in [1.54, 1.807) is 18.2 Å². The summed E-state index contributed by atoms with van der Waals surface area (Å²) in [5.74, 6) is 0.737. The Labute approximate surface area is 160 Å². The molecule has 1 saturated heterocycles. The fraction of sp³-hybridized carbons (Fsp3) is 0.368. The maximum Gasteiger partial charge on any atom is 0.495 e. The van der Waals surface area contributed by atoms with Crippen molar-refractivity contribution in [2.24, 2.45) is 0 Å². The molecule has 3 rings (SSSR count). The van der Waals surface area contributed by atoms with E-state index in [0.717, 1.165) is 5.56 Å². The third kappa shape index (κ3) is 4.74. The van der Waals surface area contributed by atoms with Gasteiger partial charge in [0.1, 0.15) is 18.1 Å². The van der Waals surface area contributed by atoms with E-state index in [1.165, 1.54) is 0 Å². The van der Waals surface area contributed by atoms with Gasteiger partial charge in [-0.3, -0.25) is 0 Å². The summed E-state index contributed by atoms with van der Waals surface area (Å²) in [6.07, 6.45) is 0. The Kier molecular flexibility index (Phi) is 5.68. The summed E-state index contributed by atoms with van der Waals surface area (Å²) >= 11 is 0. The topological polar surface area (TPSA) is 74.2 Å². The molecule has 6 nitrogen and oxygen atoms in total. The highest BCUT2D eigenvalue weighted by Crippen LogP contribution is 2.37. The lowest BCUT2D eigenvalue weighted by Gasteiger charge is -2.32. The van der Waals surface area contributed by atoms with Gasteiger partial charge >= 0.3 is 15.4 Å². The Bertz CT molecular complexity index is 808. The van der Waals surface area contributed by atoms with Crippen LogP contribution in [0.3, 0.4) is 0 Å². The number of benzene rings is 2. The number of hydrogen-bond donors (Lipinski definition) is 1. The summed E-state index contributed by atoms with van der Waals surface area (Å²) in [7, 11) is -3.77. The molecule has 27 heavy (non-hydrogen) atoms. The van der Waals surface area contributed by atoms with E-state index in [0.29, 0.717) is 17.8 Å². The largest absolute Gasteiger partial charge is 0.495 e. The molecule has 0 saturated carbocycles. The average molecular weight is 390 g/mol. The van der Waals surface area contributed by atoms with E-state index in [4.69, 9.17) is 23.5 Å². The highest BCUT2D eigenvalue weighted by Gasteiger charge is 2.51. The van der Waals surface area contributed by atoms with Crippen molar-refractivity contribution >= 4 is 20.8 Å². The molecule has 1 atom stereocenters. The van der Waals surface area contributed by atoms with Crippen LogP contribution in [0.2, 0.25) is 0 Å². The van der Waals surface area contributed by atoms with Crippen molar-refractivity contribution in [1.82, 2.24) is 0 Å². The molecule has 1 N–H and O–H groups in total. The molecular weight excluding hydrogens is 366 g/mol. The summed E-state index contributed by atoms with van der Waals surface area (Å²) < 4.78 is 34.2. The van der Waals surface area contributed by atoms with E-state index in [1.807, 2.05) is 58.0 Å². The molecular formula is C19H24BO6P. The fourth-order valence-corrected chi connectivity index (χ4v) is 3.01. The van der Waals surface area contributed by atoms with Crippen molar-refractivity contribution in [3.05, 3.63) is 54.1 Å². The van der Waals surface area contributed by atoms with E-state index >= 15 is 0 Å². The van der Waals surface area contributed by atoms with Crippen LogP contribution in [0.15, 0.2) is 48.5 Å². The number of rotatable bonds is 6. The Morgan fingerprint density at radius 3 is 2.19 bits per heavy atom. The molecule has 1 aliphatic heterocycles. The summed E-state index contributed by atoms with van der Waals surface area (Å²) in [4.78, 5) is 9.15. The molecule has 2 aromatic carbocycles. The Hall–Kier alpha value is -1.79. The Morgan fingerprint density at radius 1 is 1.00 bits per heavy atom. The van der Waals surface area contributed by atoms with Crippen molar-refractivity contribution < 1.29 is 28.0 Å². The second kappa shape index (κ2) is 7.68. The zero-order valence-electron chi connectivity index (χ0n) is 15.9. The van der Waals surface area contributed by atoms with Crippen molar-refractivity contribution in [2.45, 2.75) is 45.5 Å². The minimum absolute atomic E-state index is 0.233. The second-order valence-corrected chi connectivity index (χ2v) is 8.20. The fourth-order valence-electron chi connectivity index (χ4n) is 2.69. The van der Waals surface area contributed by atoms with Crippen molar-refractivity contribution in [3.8, 4) is 11.5 Å². The minimum Gasteiger partial charge on any atom is -0.489 e. The zero-order valence-corrected chi connectivity index (χ0v) is 16.9. The van der Waals surface area contributed by atoms with Crippen LogP contribution in [0, 0.1) is 0 Å². The minimum atomic E-state index is -3.14. The average Bonchev–Trinajstić information content (AvgIpc) is 2.81. The van der Waals surface area contributed by atoms with Gasteiger partial charge in [0, 0.05) is 6.07 Å². The van der Waals surface area contributed by atoms with Crippen LogP contribution in [0.5, 0.6) is 11.5 Å². The highest BCUT2D eigenvalue weighted by atomic mass is 31.1. The summed E-state index contributed by atoms with van der Waals surface area (Å²) in [5.41, 5.74) is 0.683. The molecule has 1 heterocycles. The maximum absolute atomic E-state index is 11.2. The first-order valence-corrected chi connectivity index (χ1v) is 10.0. The van der Waals surface area contributed by atoms with Gasteiger partial charge in [-0.25, -0.2) is 4.57 Å². The normalized spacial score (nSPS) is 18.9. The molecule has 1 aliphatic rings. The molecule has 8 heteroatoms. The van der Waals surface area contributed by atoms with Crippen molar-refractivity contribution in [1.29, 1.82) is 0 Å². The summed E-state index contributed by atoms with van der Waals surface area (Å²) in [5, 5.41) is 0. The van der Waals surface area contributed by atoms with Gasteiger partial charge < -0.3 is 23.5 Å². The van der Waals surface area contributed by atoms with Crippen LogP contribution >= 0.6 is 8.25 Å². The number of hydrogen-bond acceptors (Lipinski definition) is 5. The van der Waals surface area contributed by atoms with Gasteiger partial charge in [0.25, 0.3) is 0 Å². The van der Waals surface area contributed by atoms with E-state index in [-0.39, 0.29) is 5.75 Å². The molecule has 2 aromatic rings. The lowest BCUT2D eigenvalue weighted by atomic mass is 9.79. The van der Waals surface area contributed by atoms with Crippen LogP contribution < -0.4 is 14.7 Å². The predicted molar refractivity (Wildman–Crippen MR) is 105 cm³/mol. The van der Waals surface area contributed by atoms with Crippen LogP contribution in [-0.2, 0) is 20.5 Å². The quantitative estimate of drug-likeness (QED) is 0.603. The van der Waals surface area contributed by atoms with Gasteiger partial charge in [-0.1, -0.05) is 30.3 Å². The smallest absolute Gasteiger partial charge is 0.489 e. The molecule has 0 aliphatic carbocycles. The maximum atomic E-state index is 11.2. The summed E-state index contributed by atoms with van der Waals surface area (Å²) in [6.45, 7) is 8.22. The molecule has 0 spiro atoms. The van der Waals surface area contributed by atoms with Gasteiger partial charge in [-0.2, -0.15) is 0 Å². The lowest BCUT2D eigenvalue weighted by molar-refractivity contribution is 0.00578. The van der Waals surface area contributed by atoms with Crippen molar-refractivity contribution in [3.63, 3.8) is 0 Å². The van der Waals surface area contributed by atoms with Gasteiger partial charge in [0.2, 0.25) is 0 Å². The first kappa shape index (κ1) is 20.0. The van der Waals surface area contributed by atoms with Crippen LogP contribution in [0.4, 0.5) is 0 Å². The predicted octanol–water partition coefficient (Wildman–Crippen LogP) is 3.33. The molecule has 0 amide bonds. The molecule has 0 bridgehead atoms. The number of ether oxygens (including phenoxy) is 1. The van der Waals surface area contributed by atoms with E-state index in [2.05, 4.69) is 0 Å². The third-order valence-electron chi connectivity index (χ3n) is 4.88. The Morgan fingerprint density at radius 2 is 1.59 bits per heavy atom. The van der Waals surface area contributed by atoms with E-state index < -0.39 is 26.6 Å². The molecule has 0 aromatic heterocycles. The standard InChI is InChI=1S/C19H24BO6P/c1-18(2)19(3,4)26-20(25-18)15-10-16(12-17(11-15)24-27(21)22)23-13-14-8-6-5-7-9-14/h5-12,27H,13H2,1-4H3,(H,21,22). The second-order valence-electron chi connectivity index (χ2n) is 7.47. The van der Waals surface area contributed by atoms with Gasteiger partial charge in [-0.05, 0) is 50.9 Å². The SMILES string of the molecule is CC1(C)OB(c2cc(OCc3ccccc3)cc(O[PH](=O)O)c2)OC1(C)C. The third-order valence-corrected chi connectivity index (χ3v) is 5.29. The Balaban J connectivity index is 1.86. The summed E-state index contributed by atoms with van der Waals surface area (Å²) in [6, 6.07) is 14.7. The molecule has 1 fully saturated rings. The van der Waals surface area contributed by atoms with Crippen LogP contribution in [0.1, 0.15) is 33.3 Å². The van der Waals surface area contributed by atoms with Crippen LogP contribution in [-0.4, -0.2) is 23.2 Å². The molecule has 0 radical (unpaired) electrons. The van der Waals surface area contributed by atoms with Crippen LogP contribution in [0.25, 0.3) is 0 Å². The zero-order chi connectivity index (χ0) is 19.7. The monoisotopic (exact) mass is 390 g/mol. The highest BCUT2D eigenvalue weighted by molar-refractivity contribution is 7.32. The van der Waals surface area contributed by atoms with Crippen molar-refractivity contribution in [2.75, 3.05) is 0 Å². The van der Waals surface area contributed by atoms with E-state index in [9.17, 15) is 4.57 Å².